The third-order valence-corrected chi connectivity index (χ3v) is 5.66. The number of carbonyl (C=O) groups excluding carboxylic acids is 1. The number of carbonyl (C=O) groups is 1. The second-order valence-electron chi connectivity index (χ2n) is 5.53. The number of nitrogens with zero attached hydrogens (tertiary/aromatic N) is 2. The van der Waals surface area contributed by atoms with Crippen LogP contribution in [0.3, 0.4) is 0 Å². The minimum absolute atomic E-state index is 0.0137. The van der Waals surface area contributed by atoms with Crippen molar-refractivity contribution in [1.82, 2.24) is 10.2 Å². The maximum absolute atomic E-state index is 13.5. The lowest BCUT2D eigenvalue weighted by Crippen LogP contribution is -2.14. The molecule has 3 aromatic rings. The highest BCUT2D eigenvalue weighted by Gasteiger charge is 2.10. The summed E-state index contributed by atoms with van der Waals surface area (Å²) in [4.78, 5) is 12.1. The van der Waals surface area contributed by atoms with Gasteiger partial charge in [-0.05, 0) is 36.2 Å². The van der Waals surface area contributed by atoms with E-state index in [9.17, 15) is 13.6 Å². The number of hydrogen-bond donors (Lipinski definition) is 1. The number of thioether (sulfide) groups is 1. The molecule has 1 N–H and O–H groups in total. The Labute approximate surface area is 157 Å². The molecule has 2 aromatic carbocycles. The first-order valence-corrected chi connectivity index (χ1v) is 9.55. The third-order valence-electron chi connectivity index (χ3n) is 3.58. The summed E-state index contributed by atoms with van der Waals surface area (Å²) < 4.78 is 27.2. The number of ketones is 1. The maximum Gasteiger partial charge on any atom is 0.206 e. The van der Waals surface area contributed by atoms with Crippen LogP contribution in [0, 0.1) is 18.6 Å². The fourth-order valence-corrected chi connectivity index (χ4v) is 3.79. The van der Waals surface area contributed by atoms with E-state index in [0.717, 1.165) is 9.90 Å². The predicted octanol–water partition coefficient (Wildman–Crippen LogP) is 4.71. The Balaban J connectivity index is 1.52. The van der Waals surface area contributed by atoms with E-state index in [4.69, 9.17) is 0 Å². The molecule has 0 atom stereocenters. The van der Waals surface area contributed by atoms with Crippen molar-refractivity contribution in [2.75, 3.05) is 11.9 Å². The summed E-state index contributed by atoms with van der Waals surface area (Å²) >= 11 is 2.81. The van der Waals surface area contributed by atoms with Crippen molar-refractivity contribution >= 4 is 34.0 Å². The zero-order chi connectivity index (χ0) is 18.5. The molecule has 8 heteroatoms. The first-order chi connectivity index (χ1) is 12.5. The Kier molecular flexibility index (Phi) is 5.95. The van der Waals surface area contributed by atoms with Gasteiger partial charge in [0.1, 0.15) is 11.6 Å². The molecule has 0 radical (unpaired) electrons. The Morgan fingerprint density at radius 3 is 2.65 bits per heavy atom. The second kappa shape index (κ2) is 8.37. The Morgan fingerprint density at radius 1 is 1.15 bits per heavy atom. The highest BCUT2D eigenvalue weighted by molar-refractivity contribution is 8.00. The fraction of sp³-hybridized carbons (Fsp3) is 0.167. The van der Waals surface area contributed by atoms with Gasteiger partial charge in [0, 0.05) is 11.3 Å². The quantitative estimate of drug-likeness (QED) is 0.467. The highest BCUT2D eigenvalue weighted by Crippen LogP contribution is 2.28. The maximum atomic E-state index is 13.5. The van der Waals surface area contributed by atoms with Crippen LogP contribution in [0.2, 0.25) is 0 Å². The molecule has 0 saturated heterocycles. The van der Waals surface area contributed by atoms with Gasteiger partial charge in [0.2, 0.25) is 5.13 Å². The summed E-state index contributed by atoms with van der Waals surface area (Å²) in [5.74, 6) is -0.235. The minimum Gasteiger partial charge on any atom is -0.353 e. The van der Waals surface area contributed by atoms with Gasteiger partial charge in [0.25, 0.3) is 0 Å². The van der Waals surface area contributed by atoms with Crippen molar-refractivity contribution in [3.8, 4) is 0 Å². The first-order valence-electron chi connectivity index (χ1n) is 7.75. The van der Waals surface area contributed by atoms with E-state index in [0.29, 0.717) is 22.0 Å². The van der Waals surface area contributed by atoms with Crippen LogP contribution in [0.1, 0.15) is 21.5 Å². The van der Waals surface area contributed by atoms with E-state index in [1.165, 1.54) is 41.3 Å². The molecule has 0 aliphatic carbocycles. The van der Waals surface area contributed by atoms with Gasteiger partial charge < -0.3 is 5.32 Å². The van der Waals surface area contributed by atoms with E-state index in [2.05, 4.69) is 15.5 Å². The van der Waals surface area contributed by atoms with Crippen molar-refractivity contribution in [2.24, 2.45) is 0 Å². The smallest absolute Gasteiger partial charge is 0.206 e. The molecule has 0 bridgehead atoms. The van der Waals surface area contributed by atoms with Crippen molar-refractivity contribution in [3.05, 3.63) is 70.8 Å². The van der Waals surface area contributed by atoms with Crippen molar-refractivity contribution in [3.63, 3.8) is 0 Å². The molecule has 0 spiro atoms. The molecule has 26 heavy (non-hydrogen) atoms. The number of anilines is 1. The third kappa shape index (κ3) is 4.86. The van der Waals surface area contributed by atoms with Gasteiger partial charge in [0.05, 0.1) is 6.54 Å². The standard InChI is InChI=1S/C18H15F2N3OS2/c1-11-2-5-13(8-15(11)20)16(24)9-21-17-22-23-18(26-17)25-10-12-3-6-14(19)7-4-12/h2-8H,9-10H2,1H3,(H,21,22). The first kappa shape index (κ1) is 18.5. The Bertz CT molecular complexity index is 913. The molecular weight excluding hydrogens is 376 g/mol. The summed E-state index contributed by atoms with van der Waals surface area (Å²) in [6.45, 7) is 1.66. The number of rotatable bonds is 7. The summed E-state index contributed by atoms with van der Waals surface area (Å²) in [7, 11) is 0. The molecule has 0 aliphatic rings. The lowest BCUT2D eigenvalue weighted by atomic mass is 10.1. The van der Waals surface area contributed by atoms with Crippen molar-refractivity contribution < 1.29 is 13.6 Å². The number of halogens is 2. The van der Waals surface area contributed by atoms with Crippen LogP contribution in [0.15, 0.2) is 46.8 Å². The zero-order valence-corrected chi connectivity index (χ0v) is 15.5. The molecule has 1 aromatic heterocycles. The summed E-state index contributed by atoms with van der Waals surface area (Å²) in [5.41, 5.74) is 1.80. The van der Waals surface area contributed by atoms with Crippen molar-refractivity contribution in [2.45, 2.75) is 17.0 Å². The van der Waals surface area contributed by atoms with Crippen LogP contribution in [0.5, 0.6) is 0 Å². The Hall–Kier alpha value is -2.32. The van der Waals surface area contributed by atoms with Crippen LogP contribution in [0.4, 0.5) is 13.9 Å². The number of benzene rings is 2. The lowest BCUT2D eigenvalue weighted by molar-refractivity contribution is 0.101. The molecule has 134 valence electrons. The molecule has 3 rings (SSSR count). The van der Waals surface area contributed by atoms with E-state index in [1.54, 1.807) is 31.2 Å². The van der Waals surface area contributed by atoms with Crippen molar-refractivity contribution in [1.29, 1.82) is 0 Å². The van der Waals surface area contributed by atoms with Crippen LogP contribution >= 0.6 is 23.1 Å². The topological polar surface area (TPSA) is 54.9 Å². The van der Waals surface area contributed by atoms with Gasteiger partial charge in [-0.25, -0.2) is 8.78 Å². The van der Waals surface area contributed by atoms with Crippen LogP contribution in [-0.4, -0.2) is 22.5 Å². The number of nitrogens with one attached hydrogen (secondary N) is 1. The monoisotopic (exact) mass is 391 g/mol. The Morgan fingerprint density at radius 2 is 1.92 bits per heavy atom. The normalized spacial score (nSPS) is 10.7. The molecule has 0 saturated carbocycles. The van der Waals surface area contributed by atoms with Gasteiger partial charge in [-0.15, -0.1) is 10.2 Å². The van der Waals surface area contributed by atoms with E-state index < -0.39 is 5.82 Å². The number of Topliss-reactive ketones (excluding diaryl/α,β-unsaturated/α-hetero) is 1. The van der Waals surface area contributed by atoms with E-state index in [-0.39, 0.29) is 18.1 Å². The number of aryl methyl sites for hydroxylation is 1. The largest absolute Gasteiger partial charge is 0.353 e. The molecule has 1 heterocycles. The molecule has 0 aliphatic heterocycles. The van der Waals surface area contributed by atoms with E-state index >= 15 is 0 Å². The van der Waals surface area contributed by atoms with Gasteiger partial charge in [-0.3, -0.25) is 4.79 Å². The van der Waals surface area contributed by atoms with Gasteiger partial charge in [-0.2, -0.15) is 0 Å². The van der Waals surface area contributed by atoms with Crippen LogP contribution in [0.25, 0.3) is 0 Å². The van der Waals surface area contributed by atoms with Gasteiger partial charge in [-0.1, -0.05) is 47.4 Å². The zero-order valence-electron chi connectivity index (χ0n) is 13.8. The van der Waals surface area contributed by atoms with Gasteiger partial charge >= 0.3 is 0 Å². The van der Waals surface area contributed by atoms with Crippen LogP contribution in [-0.2, 0) is 5.75 Å². The summed E-state index contributed by atoms with van der Waals surface area (Å²) in [6, 6.07) is 10.7. The summed E-state index contributed by atoms with van der Waals surface area (Å²) in [6.07, 6.45) is 0. The number of hydrogen-bond acceptors (Lipinski definition) is 6. The van der Waals surface area contributed by atoms with E-state index in [1.807, 2.05) is 0 Å². The average Bonchev–Trinajstić information content (AvgIpc) is 3.09. The molecule has 0 unspecified atom stereocenters. The fourth-order valence-electron chi connectivity index (χ4n) is 2.09. The van der Waals surface area contributed by atoms with Gasteiger partial charge in [0.15, 0.2) is 10.1 Å². The van der Waals surface area contributed by atoms with Crippen LogP contribution < -0.4 is 5.32 Å². The molecule has 4 nitrogen and oxygen atoms in total. The highest BCUT2D eigenvalue weighted by atomic mass is 32.2. The lowest BCUT2D eigenvalue weighted by Gasteiger charge is -2.03. The minimum atomic E-state index is -0.397. The summed E-state index contributed by atoms with van der Waals surface area (Å²) in [5, 5.41) is 11.5. The predicted molar refractivity (Wildman–Crippen MR) is 99.8 cm³/mol. The average molecular weight is 391 g/mol. The molecular formula is C18H15F2N3OS2. The number of aromatic nitrogens is 2. The SMILES string of the molecule is Cc1ccc(C(=O)CNc2nnc(SCc3ccc(F)cc3)s2)cc1F. The molecule has 0 amide bonds. The second-order valence-corrected chi connectivity index (χ2v) is 7.73. The molecule has 0 fully saturated rings.